The number of likely N-dealkylation sites (tertiary alicyclic amines) is 1. The number of aliphatic carboxylic acids is 1. The Morgan fingerprint density at radius 1 is 1.28 bits per heavy atom. The Balaban J connectivity index is 2.65. The number of carbonyl (C=O) groups is 2. The number of nitrogens with zero attached hydrogens (tertiary/aromatic N) is 1. The van der Waals surface area contributed by atoms with Crippen molar-refractivity contribution >= 4 is 11.9 Å². The lowest BCUT2D eigenvalue weighted by Crippen LogP contribution is -2.38. The molecule has 1 unspecified atom stereocenters. The molecule has 0 radical (unpaired) electrons. The summed E-state index contributed by atoms with van der Waals surface area (Å²) >= 11 is 0. The van der Waals surface area contributed by atoms with E-state index in [2.05, 4.69) is 6.92 Å². The van der Waals surface area contributed by atoms with Gasteiger partial charge in [-0.25, -0.2) is 0 Å². The normalized spacial score (nSPS) is 20.2. The number of rotatable bonds is 6. The summed E-state index contributed by atoms with van der Waals surface area (Å²) in [5.41, 5.74) is -0.874. The minimum atomic E-state index is -0.874. The molecular formula is C14H25NO3. The van der Waals surface area contributed by atoms with Crippen LogP contribution in [0.5, 0.6) is 0 Å². The summed E-state index contributed by atoms with van der Waals surface area (Å²) in [4.78, 5) is 25.4. The van der Waals surface area contributed by atoms with Crippen LogP contribution in [0.2, 0.25) is 0 Å². The average molecular weight is 255 g/mol. The van der Waals surface area contributed by atoms with Crippen LogP contribution < -0.4 is 0 Å². The van der Waals surface area contributed by atoms with Gasteiger partial charge in [0, 0.05) is 19.5 Å². The number of hydrogen-bond donors (Lipinski definition) is 1. The number of carbonyl (C=O) groups excluding carboxylic acids is 1. The van der Waals surface area contributed by atoms with Crippen molar-refractivity contribution in [2.24, 2.45) is 11.3 Å². The van der Waals surface area contributed by atoms with Crippen molar-refractivity contribution in [1.29, 1.82) is 0 Å². The van der Waals surface area contributed by atoms with Gasteiger partial charge >= 0.3 is 5.97 Å². The Hall–Kier alpha value is -1.06. The van der Waals surface area contributed by atoms with Crippen LogP contribution in [0.1, 0.15) is 52.9 Å². The minimum absolute atomic E-state index is 0.0112. The maximum absolute atomic E-state index is 12.2. The van der Waals surface area contributed by atoms with Crippen molar-refractivity contribution in [3.8, 4) is 0 Å². The first kappa shape index (κ1) is 15.0. The first-order valence-corrected chi connectivity index (χ1v) is 7.00. The van der Waals surface area contributed by atoms with Crippen molar-refractivity contribution in [3.05, 3.63) is 0 Å². The third-order valence-electron chi connectivity index (χ3n) is 4.51. The van der Waals surface area contributed by atoms with Crippen molar-refractivity contribution in [3.63, 3.8) is 0 Å². The van der Waals surface area contributed by atoms with Gasteiger partial charge in [0.25, 0.3) is 0 Å². The smallest absolute Gasteiger partial charge is 0.310 e. The number of hydrogen-bond acceptors (Lipinski definition) is 2. The highest BCUT2D eigenvalue weighted by molar-refractivity contribution is 5.85. The molecule has 4 heteroatoms. The van der Waals surface area contributed by atoms with Crippen molar-refractivity contribution in [2.75, 3.05) is 13.1 Å². The van der Waals surface area contributed by atoms with Crippen molar-refractivity contribution in [1.82, 2.24) is 4.90 Å². The summed E-state index contributed by atoms with van der Waals surface area (Å²) in [6.07, 6.45) is 3.31. The lowest BCUT2D eigenvalue weighted by Gasteiger charge is -2.28. The van der Waals surface area contributed by atoms with Crippen LogP contribution in [0.15, 0.2) is 0 Å². The zero-order valence-corrected chi connectivity index (χ0v) is 11.7. The fourth-order valence-electron chi connectivity index (χ4n) is 2.67. The molecule has 0 saturated carbocycles. The Morgan fingerprint density at radius 2 is 1.89 bits per heavy atom. The third-order valence-corrected chi connectivity index (χ3v) is 4.51. The van der Waals surface area contributed by atoms with Gasteiger partial charge in [-0.1, -0.05) is 27.2 Å². The van der Waals surface area contributed by atoms with Crippen molar-refractivity contribution in [2.45, 2.75) is 52.9 Å². The minimum Gasteiger partial charge on any atom is -0.481 e. The van der Waals surface area contributed by atoms with Crippen LogP contribution in [0, 0.1) is 11.3 Å². The Kier molecular flexibility index (Phi) is 5.17. The molecule has 1 aliphatic heterocycles. The standard InChI is InChI=1S/C14H25NO3/c1-4-11-7-8-15(10-11)12(16)9-14(5-2,6-3)13(17)18/h11H,4-10H2,1-3H3,(H,17,18). The second-order valence-electron chi connectivity index (χ2n) is 5.37. The highest BCUT2D eigenvalue weighted by Gasteiger charge is 2.39. The van der Waals surface area contributed by atoms with E-state index in [1.807, 2.05) is 18.7 Å². The quantitative estimate of drug-likeness (QED) is 0.793. The second kappa shape index (κ2) is 6.21. The summed E-state index contributed by atoms with van der Waals surface area (Å²) in [5.74, 6) is -0.236. The van der Waals surface area contributed by atoms with Crippen LogP contribution in [0.25, 0.3) is 0 Å². The molecule has 0 aromatic heterocycles. The monoisotopic (exact) mass is 255 g/mol. The van der Waals surface area contributed by atoms with E-state index in [0.29, 0.717) is 18.8 Å². The van der Waals surface area contributed by atoms with Gasteiger partial charge in [-0.05, 0) is 25.2 Å². The van der Waals surface area contributed by atoms with Crippen LogP contribution in [-0.2, 0) is 9.59 Å². The molecule has 104 valence electrons. The van der Waals surface area contributed by atoms with Crippen LogP contribution >= 0.6 is 0 Å². The van der Waals surface area contributed by atoms with Crippen LogP contribution in [0.4, 0.5) is 0 Å². The fraction of sp³-hybridized carbons (Fsp3) is 0.857. The molecule has 0 spiro atoms. The summed E-state index contributed by atoms with van der Waals surface area (Å²) < 4.78 is 0. The average Bonchev–Trinajstić information content (AvgIpc) is 2.84. The van der Waals surface area contributed by atoms with Gasteiger partial charge in [-0.2, -0.15) is 0 Å². The first-order valence-electron chi connectivity index (χ1n) is 7.00. The molecule has 1 aliphatic rings. The molecule has 1 heterocycles. The van der Waals surface area contributed by atoms with E-state index in [4.69, 9.17) is 0 Å². The Morgan fingerprint density at radius 3 is 2.28 bits per heavy atom. The molecule has 4 nitrogen and oxygen atoms in total. The molecule has 0 aromatic carbocycles. The van der Waals surface area contributed by atoms with E-state index in [1.165, 1.54) is 0 Å². The van der Waals surface area contributed by atoms with Gasteiger partial charge in [-0.3, -0.25) is 9.59 Å². The topological polar surface area (TPSA) is 57.6 Å². The van der Waals surface area contributed by atoms with Gasteiger partial charge in [0.05, 0.1) is 5.41 Å². The van der Waals surface area contributed by atoms with Crippen molar-refractivity contribution < 1.29 is 14.7 Å². The molecule has 0 bridgehead atoms. The summed E-state index contributed by atoms with van der Waals surface area (Å²) in [6.45, 7) is 7.44. The van der Waals surface area contributed by atoms with Gasteiger partial charge in [0.1, 0.15) is 0 Å². The molecular weight excluding hydrogens is 230 g/mol. The number of carboxylic acids is 1. The molecule has 1 N–H and O–H groups in total. The highest BCUT2D eigenvalue weighted by Crippen LogP contribution is 2.32. The summed E-state index contributed by atoms with van der Waals surface area (Å²) in [7, 11) is 0. The van der Waals surface area contributed by atoms with E-state index < -0.39 is 11.4 Å². The zero-order valence-electron chi connectivity index (χ0n) is 11.7. The van der Waals surface area contributed by atoms with Gasteiger partial charge in [0.15, 0.2) is 0 Å². The lowest BCUT2D eigenvalue weighted by atomic mass is 9.79. The summed E-state index contributed by atoms with van der Waals surface area (Å²) in [5, 5.41) is 9.34. The highest BCUT2D eigenvalue weighted by atomic mass is 16.4. The van der Waals surface area contributed by atoms with Gasteiger partial charge in [0.2, 0.25) is 5.91 Å². The van der Waals surface area contributed by atoms with E-state index in [9.17, 15) is 14.7 Å². The molecule has 0 aromatic rings. The first-order chi connectivity index (χ1) is 8.49. The molecule has 0 aliphatic carbocycles. The second-order valence-corrected chi connectivity index (χ2v) is 5.37. The largest absolute Gasteiger partial charge is 0.481 e. The third kappa shape index (κ3) is 3.03. The predicted octanol–water partition coefficient (Wildman–Crippen LogP) is 2.53. The zero-order chi connectivity index (χ0) is 13.8. The van der Waals surface area contributed by atoms with Gasteiger partial charge < -0.3 is 10.0 Å². The fourth-order valence-corrected chi connectivity index (χ4v) is 2.67. The maximum atomic E-state index is 12.2. The predicted molar refractivity (Wildman–Crippen MR) is 70.2 cm³/mol. The molecule has 1 rings (SSSR count). The van der Waals surface area contributed by atoms with E-state index >= 15 is 0 Å². The molecule has 18 heavy (non-hydrogen) atoms. The van der Waals surface area contributed by atoms with Crippen LogP contribution in [-0.4, -0.2) is 35.0 Å². The Labute approximate surface area is 109 Å². The molecule has 1 amide bonds. The maximum Gasteiger partial charge on any atom is 0.310 e. The van der Waals surface area contributed by atoms with Crippen LogP contribution in [0.3, 0.4) is 0 Å². The molecule has 1 saturated heterocycles. The number of amides is 1. The summed E-state index contributed by atoms with van der Waals surface area (Å²) in [6, 6.07) is 0. The van der Waals surface area contributed by atoms with E-state index in [1.54, 1.807) is 0 Å². The van der Waals surface area contributed by atoms with E-state index in [-0.39, 0.29) is 12.3 Å². The van der Waals surface area contributed by atoms with E-state index in [0.717, 1.165) is 25.9 Å². The molecule has 1 fully saturated rings. The SMILES string of the molecule is CCC1CCN(C(=O)CC(CC)(CC)C(=O)O)C1. The lowest BCUT2D eigenvalue weighted by molar-refractivity contribution is -0.154. The Bertz CT molecular complexity index is 310. The number of carboxylic acid groups (broad SMARTS) is 1. The van der Waals surface area contributed by atoms with Gasteiger partial charge in [-0.15, -0.1) is 0 Å². The molecule has 1 atom stereocenters.